The molecule has 0 radical (unpaired) electrons. The molecule has 0 spiro atoms. The summed E-state index contributed by atoms with van der Waals surface area (Å²) in [5.74, 6) is 0.101. The van der Waals surface area contributed by atoms with Gasteiger partial charge in [-0.1, -0.05) is 48.9 Å². The fourth-order valence-electron chi connectivity index (χ4n) is 4.57. The van der Waals surface area contributed by atoms with Crippen molar-refractivity contribution >= 4 is 33.3 Å². The number of hydrogen-bond donors (Lipinski definition) is 1. The van der Waals surface area contributed by atoms with E-state index in [1.165, 1.54) is 27.3 Å². The Labute approximate surface area is 175 Å². The molecular formula is C25H23ClN2O. The van der Waals surface area contributed by atoms with Crippen LogP contribution in [0.15, 0.2) is 54.6 Å². The van der Waals surface area contributed by atoms with Crippen molar-refractivity contribution in [3.8, 4) is 17.0 Å². The van der Waals surface area contributed by atoms with Gasteiger partial charge in [0, 0.05) is 24.0 Å². The fraction of sp³-hybridized carbons (Fsp3) is 0.240. The third-order valence-electron chi connectivity index (χ3n) is 5.91. The van der Waals surface area contributed by atoms with Crippen LogP contribution in [0.5, 0.6) is 5.75 Å². The average molecular weight is 403 g/mol. The van der Waals surface area contributed by atoms with Crippen molar-refractivity contribution in [3.05, 3.63) is 70.7 Å². The molecule has 1 aliphatic heterocycles. The summed E-state index contributed by atoms with van der Waals surface area (Å²) in [6, 6.07) is 18.2. The lowest BCUT2D eigenvalue weighted by Crippen LogP contribution is -2.32. The molecule has 0 atom stereocenters. The van der Waals surface area contributed by atoms with E-state index in [1.54, 1.807) is 6.07 Å². The first-order valence-corrected chi connectivity index (χ1v) is 10.6. The van der Waals surface area contributed by atoms with Crippen LogP contribution in [0.25, 0.3) is 32.9 Å². The molecule has 1 aliphatic rings. The second-order valence-electron chi connectivity index (χ2n) is 7.79. The second kappa shape index (κ2) is 7.33. The summed E-state index contributed by atoms with van der Waals surface area (Å²) in [6.07, 6.45) is 2.15. The SMILES string of the molecule is CCCN1CCc2c(c(-c3ccc(O)c(Cl)c3)nc3ccc4ccccc4c23)C1. The van der Waals surface area contributed by atoms with Crippen molar-refractivity contribution in [1.29, 1.82) is 0 Å². The Morgan fingerprint density at radius 3 is 2.76 bits per heavy atom. The van der Waals surface area contributed by atoms with Crippen molar-refractivity contribution in [1.82, 2.24) is 9.88 Å². The van der Waals surface area contributed by atoms with Gasteiger partial charge in [-0.25, -0.2) is 4.98 Å². The Morgan fingerprint density at radius 2 is 1.93 bits per heavy atom. The molecule has 29 heavy (non-hydrogen) atoms. The quantitative estimate of drug-likeness (QED) is 0.415. The van der Waals surface area contributed by atoms with Gasteiger partial charge in [-0.15, -0.1) is 0 Å². The smallest absolute Gasteiger partial charge is 0.134 e. The topological polar surface area (TPSA) is 36.4 Å². The van der Waals surface area contributed by atoms with E-state index < -0.39 is 0 Å². The number of phenolic OH excluding ortho intramolecular Hbond substituents is 1. The first-order chi connectivity index (χ1) is 14.2. The molecule has 0 aliphatic carbocycles. The Balaban J connectivity index is 1.82. The number of halogens is 1. The van der Waals surface area contributed by atoms with Crippen LogP contribution in [0, 0.1) is 0 Å². The zero-order valence-corrected chi connectivity index (χ0v) is 17.2. The van der Waals surface area contributed by atoms with Crippen LogP contribution in [0.1, 0.15) is 24.5 Å². The summed E-state index contributed by atoms with van der Waals surface area (Å²) in [5, 5.41) is 14.0. The number of nitrogens with zero attached hydrogens (tertiary/aromatic N) is 2. The molecule has 0 unspecified atom stereocenters. The first kappa shape index (κ1) is 18.4. The number of benzene rings is 3. The van der Waals surface area contributed by atoms with Gasteiger partial charge in [0.15, 0.2) is 0 Å². The maximum Gasteiger partial charge on any atom is 0.134 e. The fourth-order valence-corrected chi connectivity index (χ4v) is 4.75. The van der Waals surface area contributed by atoms with E-state index in [9.17, 15) is 5.11 Å². The standard InChI is InChI=1S/C25H23ClN2O/c1-2-12-28-13-11-19-20(15-28)25(17-8-10-23(29)21(26)14-17)27-22-9-7-16-5-3-4-6-18(16)24(19)22/h3-10,14,29H,2,11-13,15H2,1H3. The molecule has 3 aromatic carbocycles. The van der Waals surface area contributed by atoms with Gasteiger partial charge < -0.3 is 5.11 Å². The van der Waals surface area contributed by atoms with Crippen LogP contribution in [0.2, 0.25) is 5.02 Å². The summed E-state index contributed by atoms with van der Waals surface area (Å²) in [4.78, 5) is 7.61. The molecule has 4 aromatic rings. The van der Waals surface area contributed by atoms with Crippen molar-refractivity contribution in [2.24, 2.45) is 0 Å². The minimum absolute atomic E-state index is 0.101. The predicted octanol–water partition coefficient (Wildman–Crippen LogP) is 6.18. The molecule has 2 heterocycles. The molecule has 4 heteroatoms. The van der Waals surface area contributed by atoms with Crippen LogP contribution in [-0.4, -0.2) is 28.1 Å². The number of aromatic nitrogens is 1. The van der Waals surface area contributed by atoms with Crippen molar-refractivity contribution in [2.75, 3.05) is 13.1 Å². The number of hydrogen-bond acceptors (Lipinski definition) is 3. The van der Waals surface area contributed by atoms with Gasteiger partial charge in [0.2, 0.25) is 0 Å². The van der Waals surface area contributed by atoms with E-state index in [2.05, 4.69) is 48.2 Å². The lowest BCUT2D eigenvalue weighted by Gasteiger charge is -2.31. The van der Waals surface area contributed by atoms with Gasteiger partial charge in [-0.2, -0.15) is 0 Å². The highest BCUT2D eigenvalue weighted by Gasteiger charge is 2.24. The molecule has 5 rings (SSSR count). The summed E-state index contributed by atoms with van der Waals surface area (Å²) < 4.78 is 0. The highest BCUT2D eigenvalue weighted by Crippen LogP contribution is 2.38. The Bertz CT molecular complexity index is 1230. The van der Waals surface area contributed by atoms with Crippen LogP contribution in [-0.2, 0) is 13.0 Å². The van der Waals surface area contributed by atoms with E-state index >= 15 is 0 Å². The number of rotatable bonds is 3. The Morgan fingerprint density at radius 1 is 1.07 bits per heavy atom. The largest absolute Gasteiger partial charge is 0.506 e. The van der Waals surface area contributed by atoms with Gasteiger partial charge in [-0.3, -0.25) is 4.90 Å². The molecule has 3 nitrogen and oxygen atoms in total. The zero-order valence-electron chi connectivity index (χ0n) is 16.5. The first-order valence-electron chi connectivity index (χ1n) is 10.2. The van der Waals surface area contributed by atoms with E-state index in [4.69, 9.17) is 16.6 Å². The van der Waals surface area contributed by atoms with Crippen molar-refractivity contribution in [2.45, 2.75) is 26.3 Å². The van der Waals surface area contributed by atoms with E-state index in [0.717, 1.165) is 49.2 Å². The number of aromatic hydroxyl groups is 1. The van der Waals surface area contributed by atoms with Crippen LogP contribution in [0.3, 0.4) is 0 Å². The maximum atomic E-state index is 9.87. The van der Waals surface area contributed by atoms with Gasteiger partial charge in [-0.05, 0) is 65.6 Å². The van der Waals surface area contributed by atoms with E-state index in [1.807, 2.05) is 12.1 Å². The third kappa shape index (κ3) is 3.15. The minimum Gasteiger partial charge on any atom is -0.506 e. The monoisotopic (exact) mass is 402 g/mol. The summed E-state index contributed by atoms with van der Waals surface area (Å²) >= 11 is 6.23. The molecule has 0 amide bonds. The van der Waals surface area contributed by atoms with E-state index in [-0.39, 0.29) is 5.75 Å². The Kier molecular flexibility index (Phi) is 4.65. The number of pyridine rings is 1. The maximum absolute atomic E-state index is 9.87. The highest BCUT2D eigenvalue weighted by atomic mass is 35.5. The highest BCUT2D eigenvalue weighted by molar-refractivity contribution is 6.32. The van der Waals surface area contributed by atoms with Crippen LogP contribution < -0.4 is 0 Å². The summed E-state index contributed by atoms with van der Waals surface area (Å²) in [6.45, 7) is 5.27. The van der Waals surface area contributed by atoms with Gasteiger partial charge >= 0.3 is 0 Å². The van der Waals surface area contributed by atoms with Crippen LogP contribution >= 0.6 is 11.6 Å². The minimum atomic E-state index is 0.101. The number of phenols is 1. The van der Waals surface area contributed by atoms with Gasteiger partial charge in [0.25, 0.3) is 0 Å². The van der Waals surface area contributed by atoms with Crippen LogP contribution in [0.4, 0.5) is 0 Å². The normalized spacial score (nSPS) is 14.4. The molecule has 0 bridgehead atoms. The van der Waals surface area contributed by atoms with Crippen molar-refractivity contribution < 1.29 is 5.11 Å². The molecule has 0 saturated heterocycles. The third-order valence-corrected chi connectivity index (χ3v) is 6.21. The lowest BCUT2D eigenvalue weighted by atomic mass is 9.89. The van der Waals surface area contributed by atoms with Crippen molar-refractivity contribution in [3.63, 3.8) is 0 Å². The summed E-state index contributed by atoms with van der Waals surface area (Å²) in [7, 11) is 0. The molecule has 0 saturated carbocycles. The lowest BCUT2D eigenvalue weighted by molar-refractivity contribution is 0.255. The van der Waals surface area contributed by atoms with Gasteiger partial charge in [0.1, 0.15) is 5.75 Å². The predicted molar refractivity (Wildman–Crippen MR) is 121 cm³/mol. The molecule has 1 N–H and O–H groups in total. The zero-order chi connectivity index (χ0) is 20.0. The second-order valence-corrected chi connectivity index (χ2v) is 8.20. The molecule has 146 valence electrons. The number of fused-ring (bicyclic) bond motifs is 5. The van der Waals surface area contributed by atoms with Gasteiger partial charge in [0.05, 0.1) is 16.2 Å². The molecule has 1 aromatic heterocycles. The Hall–Kier alpha value is -2.62. The molecule has 0 fully saturated rings. The average Bonchev–Trinajstić information content (AvgIpc) is 2.75. The summed E-state index contributed by atoms with van der Waals surface area (Å²) in [5.41, 5.74) is 5.64. The van der Waals surface area contributed by atoms with E-state index in [0.29, 0.717) is 5.02 Å². The molecular weight excluding hydrogens is 380 g/mol.